The highest BCUT2D eigenvalue weighted by Crippen LogP contribution is 2.34. The smallest absolute Gasteiger partial charge is 0.224 e. The van der Waals surface area contributed by atoms with Crippen LogP contribution >= 0.6 is 0 Å². The van der Waals surface area contributed by atoms with E-state index in [1.165, 1.54) is 0 Å². The first kappa shape index (κ1) is 11.6. The Morgan fingerprint density at radius 2 is 1.89 bits per heavy atom. The van der Waals surface area contributed by atoms with Gasteiger partial charge >= 0.3 is 0 Å². The van der Waals surface area contributed by atoms with Crippen molar-refractivity contribution >= 4 is 17.3 Å². The van der Waals surface area contributed by atoms with Gasteiger partial charge in [0.25, 0.3) is 0 Å². The molecule has 0 unspecified atom stereocenters. The summed E-state index contributed by atoms with van der Waals surface area (Å²) in [6.07, 6.45) is 1.22. The summed E-state index contributed by atoms with van der Waals surface area (Å²) in [6.45, 7) is 0. The number of fused-ring (bicyclic) bond motifs is 1. The van der Waals surface area contributed by atoms with Crippen LogP contribution in [0.5, 0.6) is 11.5 Å². The number of carbonyl (C=O) groups excluding carboxylic acids is 1. The molecule has 2 aromatic carbocycles. The van der Waals surface area contributed by atoms with E-state index in [0.717, 1.165) is 17.0 Å². The van der Waals surface area contributed by atoms with Crippen LogP contribution < -0.4 is 15.8 Å². The molecule has 0 aromatic heterocycles. The summed E-state index contributed by atoms with van der Waals surface area (Å²) in [5.41, 5.74) is 8.32. The minimum atomic E-state index is 0.0311. The molecule has 0 saturated carbocycles. The average molecular weight is 254 g/mol. The van der Waals surface area contributed by atoms with Crippen molar-refractivity contribution < 1.29 is 9.53 Å². The zero-order chi connectivity index (χ0) is 13.2. The van der Waals surface area contributed by atoms with Crippen LogP contribution in [0.2, 0.25) is 0 Å². The number of nitrogens with two attached hydrogens (primary N) is 1. The lowest BCUT2D eigenvalue weighted by atomic mass is 10.0. The number of amides is 1. The highest BCUT2D eigenvalue weighted by molar-refractivity contribution is 5.94. The van der Waals surface area contributed by atoms with Gasteiger partial charge in [0.15, 0.2) is 5.75 Å². The van der Waals surface area contributed by atoms with Gasteiger partial charge in [0.1, 0.15) is 5.75 Å². The highest BCUT2D eigenvalue weighted by Gasteiger charge is 2.17. The normalized spacial score (nSPS) is 13.6. The number of aryl methyl sites for hydroxylation is 1. The molecule has 1 aliphatic rings. The number of hydrogen-bond acceptors (Lipinski definition) is 3. The first-order valence-electron chi connectivity index (χ1n) is 6.17. The summed E-state index contributed by atoms with van der Waals surface area (Å²) >= 11 is 0. The lowest BCUT2D eigenvalue weighted by Gasteiger charge is -2.19. The molecule has 0 fully saturated rings. The minimum absolute atomic E-state index is 0.0311. The SMILES string of the molecule is Nc1cc2c(cc1Oc1ccccc1)CCC(=O)N2. The summed E-state index contributed by atoms with van der Waals surface area (Å²) in [7, 11) is 0. The Labute approximate surface area is 111 Å². The number of benzene rings is 2. The molecular formula is C15H14N2O2. The summed E-state index contributed by atoms with van der Waals surface area (Å²) in [4.78, 5) is 11.3. The first-order valence-corrected chi connectivity index (χ1v) is 6.17. The first-order chi connectivity index (χ1) is 9.22. The molecular weight excluding hydrogens is 240 g/mol. The molecule has 4 nitrogen and oxygen atoms in total. The van der Waals surface area contributed by atoms with Crippen LogP contribution in [0, 0.1) is 0 Å². The Hall–Kier alpha value is -2.49. The van der Waals surface area contributed by atoms with Crippen molar-refractivity contribution in [3.8, 4) is 11.5 Å². The molecule has 1 aliphatic heterocycles. The van der Waals surface area contributed by atoms with Gasteiger partial charge in [0.05, 0.1) is 5.69 Å². The van der Waals surface area contributed by atoms with E-state index < -0.39 is 0 Å². The molecule has 0 atom stereocenters. The second kappa shape index (κ2) is 4.65. The van der Waals surface area contributed by atoms with E-state index in [0.29, 0.717) is 24.3 Å². The van der Waals surface area contributed by atoms with Gasteiger partial charge in [0, 0.05) is 12.1 Å². The van der Waals surface area contributed by atoms with E-state index in [4.69, 9.17) is 10.5 Å². The Bertz CT molecular complexity index is 624. The zero-order valence-electron chi connectivity index (χ0n) is 10.3. The van der Waals surface area contributed by atoms with Gasteiger partial charge < -0.3 is 15.8 Å². The van der Waals surface area contributed by atoms with Gasteiger partial charge in [-0.3, -0.25) is 4.79 Å². The van der Waals surface area contributed by atoms with Crippen LogP contribution in [0.1, 0.15) is 12.0 Å². The molecule has 0 bridgehead atoms. The molecule has 3 rings (SSSR count). The number of hydrogen-bond donors (Lipinski definition) is 2. The number of nitrogen functional groups attached to an aromatic ring is 1. The maximum absolute atomic E-state index is 11.3. The van der Waals surface area contributed by atoms with Gasteiger partial charge in [-0.25, -0.2) is 0 Å². The zero-order valence-corrected chi connectivity index (χ0v) is 10.3. The number of rotatable bonds is 2. The average Bonchev–Trinajstić information content (AvgIpc) is 2.41. The van der Waals surface area contributed by atoms with Crippen molar-refractivity contribution in [2.24, 2.45) is 0 Å². The number of anilines is 2. The number of ether oxygens (including phenoxy) is 1. The summed E-state index contributed by atoms with van der Waals surface area (Å²) in [5, 5.41) is 2.82. The number of nitrogens with one attached hydrogen (secondary N) is 1. The third kappa shape index (κ3) is 2.38. The van der Waals surface area contributed by atoms with Crippen molar-refractivity contribution in [3.63, 3.8) is 0 Å². The van der Waals surface area contributed by atoms with Crippen LogP contribution in [0.4, 0.5) is 11.4 Å². The molecule has 4 heteroatoms. The third-order valence-electron chi connectivity index (χ3n) is 3.10. The predicted octanol–water partition coefficient (Wildman–Crippen LogP) is 2.95. The lowest BCUT2D eigenvalue weighted by molar-refractivity contribution is -0.116. The maximum Gasteiger partial charge on any atom is 0.224 e. The standard InChI is InChI=1S/C15H14N2O2/c16-12-9-13-10(6-7-15(18)17-13)8-14(12)19-11-4-2-1-3-5-11/h1-5,8-9H,6-7,16H2,(H,17,18). The second-order valence-electron chi connectivity index (χ2n) is 4.51. The van der Waals surface area contributed by atoms with Crippen molar-refractivity contribution in [1.82, 2.24) is 0 Å². The molecule has 1 amide bonds. The van der Waals surface area contributed by atoms with Gasteiger partial charge in [-0.05, 0) is 36.2 Å². The molecule has 1 heterocycles. The lowest BCUT2D eigenvalue weighted by Crippen LogP contribution is -2.19. The maximum atomic E-state index is 11.3. The van der Waals surface area contributed by atoms with Crippen LogP contribution in [0.3, 0.4) is 0 Å². The number of para-hydroxylation sites is 1. The van der Waals surface area contributed by atoms with E-state index in [-0.39, 0.29) is 5.91 Å². The quantitative estimate of drug-likeness (QED) is 0.810. The van der Waals surface area contributed by atoms with E-state index in [1.54, 1.807) is 6.07 Å². The van der Waals surface area contributed by atoms with Crippen LogP contribution in [-0.2, 0) is 11.2 Å². The third-order valence-corrected chi connectivity index (χ3v) is 3.10. The summed E-state index contributed by atoms with van der Waals surface area (Å²) in [5.74, 6) is 1.40. The van der Waals surface area contributed by atoms with Gasteiger partial charge in [-0.1, -0.05) is 18.2 Å². The molecule has 0 spiro atoms. The van der Waals surface area contributed by atoms with Gasteiger partial charge in [0.2, 0.25) is 5.91 Å². The van der Waals surface area contributed by atoms with Crippen LogP contribution in [0.25, 0.3) is 0 Å². The predicted molar refractivity (Wildman–Crippen MR) is 74.3 cm³/mol. The molecule has 0 aliphatic carbocycles. The van der Waals surface area contributed by atoms with E-state index in [1.807, 2.05) is 36.4 Å². The van der Waals surface area contributed by atoms with E-state index in [9.17, 15) is 4.79 Å². The van der Waals surface area contributed by atoms with E-state index in [2.05, 4.69) is 5.32 Å². The summed E-state index contributed by atoms with van der Waals surface area (Å²) < 4.78 is 5.76. The highest BCUT2D eigenvalue weighted by atomic mass is 16.5. The molecule has 0 radical (unpaired) electrons. The van der Waals surface area contributed by atoms with Crippen molar-refractivity contribution in [3.05, 3.63) is 48.0 Å². The second-order valence-corrected chi connectivity index (χ2v) is 4.51. The number of carbonyl (C=O) groups is 1. The summed E-state index contributed by atoms with van der Waals surface area (Å²) in [6, 6.07) is 13.1. The fraction of sp³-hybridized carbons (Fsp3) is 0.133. The molecule has 19 heavy (non-hydrogen) atoms. The van der Waals surface area contributed by atoms with Crippen molar-refractivity contribution in [2.45, 2.75) is 12.8 Å². The van der Waals surface area contributed by atoms with Gasteiger partial charge in [-0.2, -0.15) is 0 Å². The Morgan fingerprint density at radius 3 is 2.68 bits per heavy atom. The molecule has 96 valence electrons. The minimum Gasteiger partial charge on any atom is -0.455 e. The molecule has 0 saturated heterocycles. The van der Waals surface area contributed by atoms with Gasteiger partial charge in [-0.15, -0.1) is 0 Å². The molecule has 2 aromatic rings. The van der Waals surface area contributed by atoms with E-state index >= 15 is 0 Å². The fourth-order valence-electron chi connectivity index (χ4n) is 2.13. The fourth-order valence-corrected chi connectivity index (χ4v) is 2.13. The van der Waals surface area contributed by atoms with Crippen molar-refractivity contribution in [1.29, 1.82) is 0 Å². The molecule has 3 N–H and O–H groups in total. The Balaban J connectivity index is 1.93. The monoisotopic (exact) mass is 254 g/mol. The van der Waals surface area contributed by atoms with Crippen LogP contribution in [0.15, 0.2) is 42.5 Å². The van der Waals surface area contributed by atoms with Crippen molar-refractivity contribution in [2.75, 3.05) is 11.1 Å². The topological polar surface area (TPSA) is 64.3 Å². The van der Waals surface area contributed by atoms with Crippen LogP contribution in [-0.4, -0.2) is 5.91 Å². The largest absolute Gasteiger partial charge is 0.455 e. The Kier molecular flexibility index (Phi) is 2.83. The Morgan fingerprint density at radius 1 is 1.11 bits per heavy atom.